The van der Waals surface area contributed by atoms with Crippen molar-refractivity contribution in [3.8, 4) is 0 Å². The molecule has 0 saturated carbocycles. The lowest BCUT2D eigenvalue weighted by Gasteiger charge is -2.19. The Morgan fingerprint density at radius 3 is 2.50 bits per heavy atom. The number of nitrogens with one attached hydrogen (secondary N) is 1. The second-order valence-corrected chi connectivity index (χ2v) is 7.23. The Morgan fingerprint density at radius 2 is 1.96 bits per heavy atom. The normalized spacial score (nSPS) is 18.0. The van der Waals surface area contributed by atoms with Crippen LogP contribution >= 0.6 is 0 Å². The van der Waals surface area contributed by atoms with Crippen molar-refractivity contribution in [3.05, 3.63) is 40.1 Å². The van der Waals surface area contributed by atoms with E-state index in [4.69, 9.17) is 4.74 Å². The molecule has 0 fully saturated rings. The van der Waals surface area contributed by atoms with Gasteiger partial charge in [-0.1, -0.05) is 32.9 Å². The van der Waals surface area contributed by atoms with E-state index in [-0.39, 0.29) is 11.9 Å². The van der Waals surface area contributed by atoms with Gasteiger partial charge in [-0.25, -0.2) is 4.79 Å². The van der Waals surface area contributed by atoms with Crippen molar-refractivity contribution in [3.63, 3.8) is 0 Å². The number of ether oxygens (including phenoxy) is 1. The predicted octanol–water partition coefficient (Wildman–Crippen LogP) is 4.00. The lowest BCUT2D eigenvalue weighted by molar-refractivity contribution is -0.115. The first-order valence-electron chi connectivity index (χ1n) is 9.29. The number of rotatable bonds is 5. The number of benzene rings is 1. The molecule has 1 aromatic carbocycles. The molecule has 1 aliphatic rings. The van der Waals surface area contributed by atoms with Crippen LogP contribution < -0.4 is 5.32 Å². The Labute approximate surface area is 156 Å². The molecule has 2 atom stereocenters. The van der Waals surface area contributed by atoms with Gasteiger partial charge in [0.05, 0.1) is 11.6 Å². The van der Waals surface area contributed by atoms with Gasteiger partial charge in [0.1, 0.15) is 5.76 Å². The summed E-state index contributed by atoms with van der Waals surface area (Å²) >= 11 is 0. The van der Waals surface area contributed by atoms with Crippen molar-refractivity contribution in [1.29, 1.82) is 0 Å². The van der Waals surface area contributed by atoms with E-state index < -0.39 is 6.09 Å². The summed E-state index contributed by atoms with van der Waals surface area (Å²) in [5, 5.41) is 2.88. The summed E-state index contributed by atoms with van der Waals surface area (Å²) in [6, 6.07) is 4.00. The molecule has 0 spiro atoms. The highest BCUT2D eigenvalue weighted by Gasteiger charge is 2.35. The Morgan fingerprint density at radius 1 is 1.31 bits per heavy atom. The third-order valence-electron chi connectivity index (χ3n) is 5.03. The Bertz CT molecular complexity index is 750. The van der Waals surface area contributed by atoms with E-state index in [0.29, 0.717) is 17.3 Å². The molecule has 2 rings (SSSR count). The molecule has 0 aromatic heterocycles. The van der Waals surface area contributed by atoms with Gasteiger partial charge in [-0.05, 0) is 54.9 Å². The topological polar surface area (TPSA) is 58.6 Å². The molecule has 0 saturated heterocycles. The van der Waals surface area contributed by atoms with Gasteiger partial charge in [0, 0.05) is 14.1 Å². The molecular formula is C21H30N2O3. The monoisotopic (exact) mass is 358 g/mol. The maximum absolute atomic E-state index is 12.7. The van der Waals surface area contributed by atoms with Crippen molar-refractivity contribution >= 4 is 17.6 Å². The molecule has 1 N–H and O–H groups in total. The van der Waals surface area contributed by atoms with Gasteiger partial charge in [0.2, 0.25) is 0 Å². The lowest BCUT2D eigenvalue weighted by Crippen LogP contribution is -2.29. The van der Waals surface area contributed by atoms with Crippen LogP contribution in [0.5, 0.6) is 0 Å². The first kappa shape index (κ1) is 20.0. The van der Waals surface area contributed by atoms with Crippen LogP contribution in [0.4, 0.5) is 4.79 Å². The molecule has 26 heavy (non-hydrogen) atoms. The minimum atomic E-state index is -0.479. The fourth-order valence-corrected chi connectivity index (χ4v) is 3.27. The quantitative estimate of drug-likeness (QED) is 0.865. The van der Waals surface area contributed by atoms with Crippen LogP contribution in [0.1, 0.15) is 62.3 Å². The zero-order chi connectivity index (χ0) is 19.6. The second kappa shape index (κ2) is 7.94. The Hall–Kier alpha value is -2.30. The van der Waals surface area contributed by atoms with Gasteiger partial charge in [0.15, 0.2) is 0 Å². The third-order valence-corrected chi connectivity index (χ3v) is 5.03. The maximum Gasteiger partial charge on any atom is 0.414 e. The average molecular weight is 358 g/mol. The fraction of sp³-hybridized carbons (Fsp3) is 0.524. The molecule has 5 nitrogen and oxygen atoms in total. The summed E-state index contributed by atoms with van der Waals surface area (Å²) in [4.78, 5) is 26.1. The summed E-state index contributed by atoms with van der Waals surface area (Å²) in [7, 11) is 3.25. The zero-order valence-corrected chi connectivity index (χ0v) is 16.9. The summed E-state index contributed by atoms with van der Waals surface area (Å²) in [5.74, 6) is 0.681. The van der Waals surface area contributed by atoms with Crippen LogP contribution in [0.3, 0.4) is 0 Å². The predicted molar refractivity (Wildman–Crippen MR) is 104 cm³/mol. The van der Waals surface area contributed by atoms with Crippen LogP contribution in [0, 0.1) is 6.92 Å². The number of hydrogen-bond donors (Lipinski definition) is 1. The number of carbonyl (C=O) groups is 2. The van der Waals surface area contributed by atoms with Crippen molar-refractivity contribution in [1.82, 2.24) is 10.2 Å². The minimum Gasteiger partial charge on any atom is -0.412 e. The largest absolute Gasteiger partial charge is 0.414 e. The van der Waals surface area contributed by atoms with E-state index in [2.05, 4.69) is 38.2 Å². The van der Waals surface area contributed by atoms with Gasteiger partial charge in [0.25, 0.3) is 5.91 Å². The van der Waals surface area contributed by atoms with Gasteiger partial charge < -0.3 is 15.0 Å². The Kier molecular flexibility index (Phi) is 6.11. The van der Waals surface area contributed by atoms with Gasteiger partial charge in [-0.3, -0.25) is 4.79 Å². The molecule has 142 valence electrons. The van der Waals surface area contributed by atoms with Crippen molar-refractivity contribution < 1.29 is 14.3 Å². The van der Waals surface area contributed by atoms with Crippen LogP contribution in [0.2, 0.25) is 0 Å². The van der Waals surface area contributed by atoms with E-state index in [1.165, 1.54) is 10.5 Å². The molecule has 0 radical (unpaired) electrons. The maximum atomic E-state index is 12.7. The molecule has 5 heteroatoms. The standard InChI is InChI=1S/C21H30N2O3/c1-8-12(3)16-10-13(4)17(15(9-2)11-16)18-19(14(5)22-20(18)24)26-21(25)23(6)7/h10-12,14H,8-9H2,1-7H3,(H,22,24). The molecular weight excluding hydrogens is 328 g/mol. The van der Waals surface area contributed by atoms with Gasteiger partial charge >= 0.3 is 6.09 Å². The summed E-state index contributed by atoms with van der Waals surface area (Å²) < 4.78 is 5.56. The highest BCUT2D eigenvalue weighted by atomic mass is 16.6. The van der Waals surface area contributed by atoms with Crippen LogP contribution in [0.15, 0.2) is 17.9 Å². The van der Waals surface area contributed by atoms with Crippen LogP contribution in [-0.2, 0) is 16.0 Å². The summed E-state index contributed by atoms with van der Waals surface area (Å²) in [5.41, 5.74) is 4.81. The molecule has 1 heterocycles. The number of hydrogen-bond acceptors (Lipinski definition) is 3. The van der Waals surface area contributed by atoms with E-state index in [1.54, 1.807) is 14.1 Å². The van der Waals surface area contributed by atoms with Crippen molar-refractivity contribution in [2.45, 2.75) is 59.4 Å². The van der Waals surface area contributed by atoms with Gasteiger partial charge in [-0.2, -0.15) is 0 Å². The molecule has 1 aliphatic heterocycles. The average Bonchev–Trinajstić information content (AvgIpc) is 2.86. The van der Waals surface area contributed by atoms with Crippen molar-refractivity contribution in [2.75, 3.05) is 14.1 Å². The molecule has 1 aromatic rings. The van der Waals surface area contributed by atoms with E-state index in [9.17, 15) is 9.59 Å². The minimum absolute atomic E-state index is 0.187. The highest BCUT2D eigenvalue weighted by Crippen LogP contribution is 2.35. The fourth-order valence-electron chi connectivity index (χ4n) is 3.27. The van der Waals surface area contributed by atoms with E-state index >= 15 is 0 Å². The first-order valence-corrected chi connectivity index (χ1v) is 9.29. The SMILES string of the molecule is CCc1cc(C(C)CC)cc(C)c1C1=C(OC(=O)N(C)C)C(C)NC1=O. The number of carbonyl (C=O) groups excluding carboxylic acids is 2. The molecule has 2 unspecified atom stereocenters. The van der Waals surface area contributed by atoms with Gasteiger partial charge in [-0.15, -0.1) is 0 Å². The number of amides is 2. The highest BCUT2D eigenvalue weighted by molar-refractivity contribution is 6.23. The molecule has 2 amide bonds. The Balaban J connectivity index is 2.64. The summed E-state index contributed by atoms with van der Waals surface area (Å²) in [6.07, 6.45) is 1.39. The third kappa shape index (κ3) is 3.76. The second-order valence-electron chi connectivity index (χ2n) is 7.23. The van der Waals surface area contributed by atoms with Crippen LogP contribution in [0.25, 0.3) is 5.57 Å². The van der Waals surface area contributed by atoms with E-state index in [0.717, 1.165) is 29.5 Å². The smallest absolute Gasteiger partial charge is 0.412 e. The number of aryl methyl sites for hydroxylation is 2. The molecule has 0 aliphatic carbocycles. The lowest BCUT2D eigenvalue weighted by atomic mass is 9.87. The van der Waals surface area contributed by atoms with Crippen molar-refractivity contribution in [2.24, 2.45) is 0 Å². The van der Waals surface area contributed by atoms with E-state index in [1.807, 2.05) is 13.8 Å². The van der Waals surface area contributed by atoms with Crippen LogP contribution in [-0.4, -0.2) is 37.0 Å². The zero-order valence-electron chi connectivity index (χ0n) is 16.9. The first-order chi connectivity index (χ1) is 12.2. The molecule has 0 bridgehead atoms. The number of nitrogens with zero attached hydrogens (tertiary/aromatic N) is 1. The summed E-state index contributed by atoms with van der Waals surface area (Å²) in [6.45, 7) is 10.3.